The Labute approximate surface area is 122 Å². The average molecular weight is 283 g/mol. The van der Waals surface area contributed by atoms with Crippen LogP contribution in [0.2, 0.25) is 0 Å². The molecule has 0 saturated carbocycles. The monoisotopic (exact) mass is 283 g/mol. The van der Waals surface area contributed by atoms with Crippen LogP contribution in [0.5, 0.6) is 5.75 Å². The van der Waals surface area contributed by atoms with Crippen LogP contribution < -0.4 is 15.8 Å². The van der Waals surface area contributed by atoms with Gasteiger partial charge in [0.1, 0.15) is 11.3 Å². The van der Waals surface area contributed by atoms with Gasteiger partial charge in [0.25, 0.3) is 6.01 Å². The van der Waals surface area contributed by atoms with Crippen molar-refractivity contribution in [3.63, 3.8) is 0 Å². The third-order valence-corrected chi connectivity index (χ3v) is 3.06. The van der Waals surface area contributed by atoms with Gasteiger partial charge in [0.2, 0.25) is 0 Å². The van der Waals surface area contributed by atoms with Crippen molar-refractivity contribution >= 4 is 22.8 Å². The Hall–Kier alpha value is -2.69. The lowest BCUT2D eigenvalue weighted by molar-refractivity contribution is 0.314. The molecule has 2 aromatic carbocycles. The zero-order chi connectivity index (χ0) is 14.5. The third-order valence-electron chi connectivity index (χ3n) is 3.06. The molecule has 0 saturated heterocycles. The molecule has 0 atom stereocenters. The summed E-state index contributed by atoms with van der Waals surface area (Å²) in [6, 6.07) is 15.8. The molecule has 108 valence electrons. The summed E-state index contributed by atoms with van der Waals surface area (Å²) in [4.78, 5) is 4.32. The van der Waals surface area contributed by atoms with Crippen molar-refractivity contribution in [3.05, 3.63) is 48.5 Å². The van der Waals surface area contributed by atoms with Gasteiger partial charge >= 0.3 is 0 Å². The molecule has 3 N–H and O–H groups in total. The topological polar surface area (TPSA) is 73.3 Å². The molecule has 0 aliphatic heterocycles. The summed E-state index contributed by atoms with van der Waals surface area (Å²) in [5, 5.41) is 3.13. The van der Waals surface area contributed by atoms with Gasteiger partial charge in [-0.3, -0.25) is 0 Å². The highest BCUT2D eigenvalue weighted by Crippen LogP contribution is 2.23. The van der Waals surface area contributed by atoms with Gasteiger partial charge in [-0.1, -0.05) is 24.3 Å². The van der Waals surface area contributed by atoms with Crippen LogP contribution in [0.15, 0.2) is 52.9 Å². The summed E-state index contributed by atoms with van der Waals surface area (Å²) in [5.41, 5.74) is 7.85. The van der Waals surface area contributed by atoms with Crippen molar-refractivity contribution in [2.45, 2.75) is 6.42 Å². The summed E-state index contributed by atoms with van der Waals surface area (Å²) in [7, 11) is 0. The Morgan fingerprint density at radius 2 is 1.95 bits per heavy atom. The van der Waals surface area contributed by atoms with E-state index in [4.69, 9.17) is 14.9 Å². The first kappa shape index (κ1) is 13.3. The molecular formula is C16H17N3O2. The Balaban J connectivity index is 1.47. The number of para-hydroxylation sites is 2. The summed E-state index contributed by atoms with van der Waals surface area (Å²) in [5.74, 6) is 0.882. The number of nitrogens with two attached hydrogens (primary N) is 1. The number of anilines is 2. The van der Waals surface area contributed by atoms with Crippen LogP contribution in [0.25, 0.3) is 11.1 Å². The molecule has 3 aromatic rings. The number of nitrogens with zero attached hydrogens (tertiary/aromatic N) is 1. The fourth-order valence-electron chi connectivity index (χ4n) is 2.02. The molecule has 0 spiro atoms. The number of fused-ring (bicyclic) bond motifs is 1. The molecule has 3 rings (SSSR count). The lowest BCUT2D eigenvalue weighted by Gasteiger charge is -2.05. The van der Waals surface area contributed by atoms with E-state index in [0.717, 1.165) is 18.7 Å². The molecule has 0 unspecified atom stereocenters. The number of nitrogen functional groups attached to an aromatic ring is 1. The fraction of sp³-hybridized carbons (Fsp3) is 0.188. The highest BCUT2D eigenvalue weighted by atomic mass is 16.5. The highest BCUT2D eigenvalue weighted by molar-refractivity contribution is 5.86. The van der Waals surface area contributed by atoms with E-state index in [1.807, 2.05) is 48.5 Å². The summed E-state index contributed by atoms with van der Waals surface area (Å²) < 4.78 is 11.2. The van der Waals surface area contributed by atoms with E-state index >= 15 is 0 Å². The predicted molar refractivity (Wildman–Crippen MR) is 83.5 cm³/mol. The molecule has 1 heterocycles. The zero-order valence-corrected chi connectivity index (χ0v) is 11.6. The fourth-order valence-corrected chi connectivity index (χ4v) is 2.02. The number of hydrogen-bond donors (Lipinski definition) is 2. The first-order valence-corrected chi connectivity index (χ1v) is 6.90. The molecular weight excluding hydrogens is 266 g/mol. The average Bonchev–Trinajstić information content (AvgIpc) is 2.92. The van der Waals surface area contributed by atoms with E-state index in [0.29, 0.717) is 29.4 Å². The molecule has 0 aliphatic rings. The maximum Gasteiger partial charge on any atom is 0.295 e. The summed E-state index contributed by atoms with van der Waals surface area (Å²) in [6.45, 7) is 1.36. The number of hydrogen-bond acceptors (Lipinski definition) is 5. The number of benzene rings is 2. The SMILES string of the molecule is Nc1cccc2oc(NCCCOc3ccccc3)nc12. The van der Waals surface area contributed by atoms with E-state index in [2.05, 4.69) is 10.3 Å². The lowest BCUT2D eigenvalue weighted by atomic mass is 10.3. The van der Waals surface area contributed by atoms with Crippen LogP contribution in [0.3, 0.4) is 0 Å². The molecule has 0 fully saturated rings. The Morgan fingerprint density at radius 1 is 1.10 bits per heavy atom. The van der Waals surface area contributed by atoms with E-state index in [1.54, 1.807) is 0 Å². The first-order chi connectivity index (χ1) is 10.3. The van der Waals surface area contributed by atoms with E-state index in [1.165, 1.54) is 0 Å². The van der Waals surface area contributed by atoms with Gasteiger partial charge in [-0.15, -0.1) is 0 Å². The van der Waals surface area contributed by atoms with Gasteiger partial charge in [-0.25, -0.2) is 0 Å². The Kier molecular flexibility index (Phi) is 3.91. The zero-order valence-electron chi connectivity index (χ0n) is 11.6. The summed E-state index contributed by atoms with van der Waals surface area (Å²) >= 11 is 0. The van der Waals surface area contributed by atoms with Gasteiger partial charge in [0.15, 0.2) is 5.58 Å². The van der Waals surface area contributed by atoms with Crippen LogP contribution in [-0.2, 0) is 0 Å². The minimum Gasteiger partial charge on any atom is -0.494 e. The molecule has 0 bridgehead atoms. The molecule has 21 heavy (non-hydrogen) atoms. The van der Waals surface area contributed by atoms with Crippen LogP contribution >= 0.6 is 0 Å². The number of aromatic nitrogens is 1. The first-order valence-electron chi connectivity index (χ1n) is 6.90. The molecule has 5 heteroatoms. The van der Waals surface area contributed by atoms with E-state index in [9.17, 15) is 0 Å². The van der Waals surface area contributed by atoms with Gasteiger partial charge in [0.05, 0.1) is 12.3 Å². The quantitative estimate of drug-likeness (QED) is 0.536. The largest absolute Gasteiger partial charge is 0.494 e. The van der Waals surface area contributed by atoms with Gasteiger partial charge in [0, 0.05) is 6.54 Å². The van der Waals surface area contributed by atoms with Crippen molar-refractivity contribution in [2.24, 2.45) is 0 Å². The van der Waals surface area contributed by atoms with E-state index in [-0.39, 0.29) is 0 Å². The normalized spacial score (nSPS) is 10.7. The van der Waals surface area contributed by atoms with Crippen molar-refractivity contribution in [1.82, 2.24) is 4.98 Å². The number of oxazole rings is 1. The number of nitrogens with one attached hydrogen (secondary N) is 1. The Morgan fingerprint density at radius 3 is 2.76 bits per heavy atom. The second kappa shape index (κ2) is 6.17. The van der Waals surface area contributed by atoms with Crippen molar-refractivity contribution in [1.29, 1.82) is 0 Å². The highest BCUT2D eigenvalue weighted by Gasteiger charge is 2.07. The minimum atomic E-state index is 0.489. The molecule has 0 aliphatic carbocycles. The number of rotatable bonds is 6. The molecule has 0 amide bonds. The standard InChI is InChI=1S/C16H17N3O2/c17-13-8-4-9-14-15(13)19-16(21-14)18-10-5-11-20-12-6-2-1-3-7-12/h1-4,6-9H,5,10-11,17H2,(H,18,19). The minimum absolute atomic E-state index is 0.489. The predicted octanol–water partition coefficient (Wildman–Crippen LogP) is 3.29. The van der Waals surface area contributed by atoms with Gasteiger partial charge in [-0.2, -0.15) is 4.98 Å². The molecule has 1 aromatic heterocycles. The van der Waals surface area contributed by atoms with Crippen molar-refractivity contribution in [3.8, 4) is 5.75 Å². The van der Waals surface area contributed by atoms with Crippen LogP contribution in [-0.4, -0.2) is 18.1 Å². The molecule has 0 radical (unpaired) electrons. The van der Waals surface area contributed by atoms with E-state index < -0.39 is 0 Å². The maximum absolute atomic E-state index is 5.84. The summed E-state index contributed by atoms with van der Waals surface area (Å²) in [6.07, 6.45) is 0.850. The maximum atomic E-state index is 5.84. The van der Waals surface area contributed by atoms with Crippen LogP contribution in [0.4, 0.5) is 11.7 Å². The van der Waals surface area contributed by atoms with Gasteiger partial charge < -0.3 is 20.2 Å². The molecule has 5 nitrogen and oxygen atoms in total. The smallest absolute Gasteiger partial charge is 0.295 e. The third kappa shape index (κ3) is 3.25. The Bertz CT molecular complexity index is 710. The number of ether oxygens (including phenoxy) is 1. The van der Waals surface area contributed by atoms with Crippen molar-refractivity contribution < 1.29 is 9.15 Å². The second-order valence-corrected chi connectivity index (χ2v) is 4.65. The van der Waals surface area contributed by atoms with Crippen LogP contribution in [0.1, 0.15) is 6.42 Å². The van der Waals surface area contributed by atoms with Crippen molar-refractivity contribution in [2.75, 3.05) is 24.2 Å². The van der Waals surface area contributed by atoms with Crippen LogP contribution in [0, 0.1) is 0 Å². The lowest BCUT2D eigenvalue weighted by Crippen LogP contribution is -2.07. The van der Waals surface area contributed by atoms with Gasteiger partial charge in [-0.05, 0) is 30.7 Å². The second-order valence-electron chi connectivity index (χ2n) is 4.65.